The van der Waals surface area contributed by atoms with Crippen LogP contribution in [0.3, 0.4) is 0 Å². The molecule has 0 aliphatic carbocycles. The zero-order valence-corrected chi connectivity index (χ0v) is 6.01. The van der Waals surface area contributed by atoms with Crippen molar-refractivity contribution in [2.45, 2.75) is 19.0 Å². The fraction of sp³-hybridized carbons (Fsp3) is 1.00. The molecule has 1 unspecified atom stereocenters. The molecule has 0 heterocycles. The van der Waals surface area contributed by atoms with E-state index in [1.54, 1.807) is 0 Å². The molecule has 0 rings (SSSR count). The van der Waals surface area contributed by atoms with E-state index in [0.29, 0.717) is 0 Å². The first kappa shape index (κ1) is 7.14. The van der Waals surface area contributed by atoms with Gasteiger partial charge >= 0.3 is 0 Å². The lowest BCUT2D eigenvalue weighted by molar-refractivity contribution is 0.918. The topological polar surface area (TPSA) is 52.0 Å². The highest BCUT2D eigenvalue weighted by Crippen LogP contribution is 1.87. The van der Waals surface area contributed by atoms with Gasteiger partial charge < -0.3 is 11.1 Å². The van der Waals surface area contributed by atoms with E-state index in [-0.39, 0.29) is 0 Å². The lowest BCUT2D eigenvalue weighted by Crippen LogP contribution is -2.21. The van der Waals surface area contributed by atoms with Crippen LogP contribution < -0.4 is 11.1 Å². The molecule has 0 saturated carbocycles. The van der Waals surface area contributed by atoms with Crippen molar-refractivity contribution in [1.82, 2.24) is 0 Å². The normalized spacial score (nSPS) is 14.1. The molecule has 0 radical (unpaired) electrons. The molecular formula is C4H14N2Si. The van der Waals surface area contributed by atoms with Crippen molar-refractivity contribution in [2.24, 2.45) is 11.1 Å². The van der Waals surface area contributed by atoms with Gasteiger partial charge in [-0.3, -0.25) is 0 Å². The number of rotatable bonds is 3. The lowest BCUT2D eigenvalue weighted by Gasteiger charge is -1.97. The van der Waals surface area contributed by atoms with Crippen LogP contribution in [-0.2, 0) is 0 Å². The molecule has 1 atom stereocenters. The van der Waals surface area contributed by atoms with Crippen LogP contribution in [0, 0.1) is 0 Å². The highest BCUT2D eigenvalue weighted by atomic mass is 28.3. The van der Waals surface area contributed by atoms with Gasteiger partial charge in [-0.2, -0.15) is 0 Å². The first-order valence-corrected chi connectivity index (χ1v) is 5.37. The Morgan fingerprint density at radius 2 is 2.14 bits per heavy atom. The maximum atomic E-state index is 5.56. The van der Waals surface area contributed by atoms with Crippen LogP contribution in [0.15, 0.2) is 0 Å². The third-order valence-electron chi connectivity index (χ3n) is 0.864. The van der Waals surface area contributed by atoms with Crippen LogP contribution in [0.5, 0.6) is 0 Å². The van der Waals surface area contributed by atoms with Gasteiger partial charge in [-0.05, 0) is 19.0 Å². The average molecular weight is 118 g/mol. The molecule has 0 aliphatic rings. The summed E-state index contributed by atoms with van der Waals surface area (Å²) in [5.74, 6) is 0. The van der Waals surface area contributed by atoms with Crippen molar-refractivity contribution >= 4 is 8.96 Å². The van der Waals surface area contributed by atoms with E-state index in [0.717, 1.165) is 13.0 Å². The molecule has 3 heteroatoms. The molecule has 0 aromatic rings. The summed E-state index contributed by atoms with van der Waals surface area (Å²) in [5.41, 5.74) is 5.24. The molecule has 0 aromatic heterocycles. The molecule has 2 nitrogen and oxygen atoms in total. The van der Waals surface area contributed by atoms with Gasteiger partial charge in [0.2, 0.25) is 0 Å². The Balaban J connectivity index is 2.68. The van der Waals surface area contributed by atoms with Crippen molar-refractivity contribution in [3.8, 4) is 0 Å². The fourth-order valence-electron chi connectivity index (χ4n) is 0.440. The Bertz CT molecular complexity index is 38.7. The molecule has 0 saturated heterocycles. The zero-order valence-electron chi connectivity index (χ0n) is 4.85. The number of hydrogen-bond acceptors (Lipinski definition) is 2. The van der Waals surface area contributed by atoms with E-state index in [2.05, 4.69) is 6.55 Å². The molecule has 44 valence electrons. The number of hydrogen-bond donors (Lipinski definition) is 2. The van der Waals surface area contributed by atoms with E-state index in [1.165, 1.54) is 6.04 Å². The van der Waals surface area contributed by atoms with Crippen LogP contribution in [-0.4, -0.2) is 15.5 Å². The van der Waals surface area contributed by atoms with Crippen LogP contribution in [0.25, 0.3) is 0 Å². The highest BCUT2D eigenvalue weighted by molar-refractivity contribution is 6.53. The number of nitrogens with two attached hydrogens (primary N) is 2. The van der Waals surface area contributed by atoms with E-state index in [4.69, 9.17) is 11.1 Å². The third kappa shape index (κ3) is 6.14. The van der Waals surface area contributed by atoms with Gasteiger partial charge in [0.1, 0.15) is 8.96 Å². The first-order valence-electron chi connectivity index (χ1n) is 2.73. The minimum absolute atomic E-state index is 0.768. The predicted molar refractivity (Wildman–Crippen MR) is 35.7 cm³/mol. The van der Waals surface area contributed by atoms with Gasteiger partial charge in [0.15, 0.2) is 0 Å². The molecule has 0 aliphatic heterocycles. The highest BCUT2D eigenvalue weighted by Gasteiger charge is 1.91. The third-order valence-corrected chi connectivity index (χ3v) is 2.18. The summed E-state index contributed by atoms with van der Waals surface area (Å²) in [7, 11) is -0.768. The van der Waals surface area contributed by atoms with Gasteiger partial charge in [0.05, 0.1) is 0 Å². The van der Waals surface area contributed by atoms with Crippen molar-refractivity contribution in [2.75, 3.05) is 6.54 Å². The minimum Gasteiger partial charge on any atom is -0.353 e. The second-order valence-electron chi connectivity index (χ2n) is 1.91. The van der Waals surface area contributed by atoms with Gasteiger partial charge in [-0.15, -0.1) is 0 Å². The summed E-state index contributed by atoms with van der Waals surface area (Å²) >= 11 is 0. The first-order chi connectivity index (χ1) is 3.27. The quantitative estimate of drug-likeness (QED) is 0.498. The van der Waals surface area contributed by atoms with Gasteiger partial charge in [0, 0.05) is 0 Å². The Kier molecular flexibility index (Phi) is 4.38. The Morgan fingerprint density at radius 3 is 2.29 bits per heavy atom. The van der Waals surface area contributed by atoms with Crippen LogP contribution >= 0.6 is 0 Å². The Hall–Kier alpha value is 0.137. The average Bonchev–Trinajstić information content (AvgIpc) is 1.61. The molecule has 7 heavy (non-hydrogen) atoms. The SMILES string of the molecule is C[SiH](N)CCCN. The minimum atomic E-state index is -0.768. The van der Waals surface area contributed by atoms with Crippen LogP contribution in [0.1, 0.15) is 6.42 Å². The van der Waals surface area contributed by atoms with Crippen molar-refractivity contribution in [1.29, 1.82) is 0 Å². The summed E-state index contributed by atoms with van der Waals surface area (Å²) in [6.45, 7) is 2.93. The molecule has 0 bridgehead atoms. The van der Waals surface area contributed by atoms with E-state index >= 15 is 0 Å². The predicted octanol–water partition coefficient (Wildman–Crippen LogP) is -0.353. The zero-order chi connectivity index (χ0) is 5.70. The second kappa shape index (κ2) is 4.30. The van der Waals surface area contributed by atoms with Crippen molar-refractivity contribution < 1.29 is 0 Å². The van der Waals surface area contributed by atoms with E-state index in [9.17, 15) is 0 Å². The molecule has 4 N–H and O–H groups in total. The smallest absolute Gasteiger partial charge is 0.103 e. The standard InChI is InChI=1S/C4H14N2Si/c1-7(6)4-2-3-5/h7H,2-6H2,1H3. The maximum absolute atomic E-state index is 5.56. The maximum Gasteiger partial charge on any atom is 0.103 e. The Morgan fingerprint density at radius 1 is 1.57 bits per heavy atom. The van der Waals surface area contributed by atoms with Gasteiger partial charge in [0.25, 0.3) is 0 Å². The van der Waals surface area contributed by atoms with Crippen molar-refractivity contribution in [3.05, 3.63) is 0 Å². The van der Waals surface area contributed by atoms with Crippen LogP contribution in [0.4, 0.5) is 0 Å². The summed E-state index contributed by atoms with van der Waals surface area (Å²) in [4.78, 5) is 0. The molecular weight excluding hydrogens is 104 g/mol. The lowest BCUT2D eigenvalue weighted by atomic mass is 10.5. The summed E-state index contributed by atoms with van der Waals surface area (Å²) < 4.78 is 0. The van der Waals surface area contributed by atoms with E-state index in [1.807, 2.05) is 0 Å². The molecule has 0 amide bonds. The monoisotopic (exact) mass is 118 g/mol. The molecule has 0 aromatic carbocycles. The molecule has 0 fully saturated rings. The second-order valence-corrected chi connectivity index (χ2v) is 4.44. The largest absolute Gasteiger partial charge is 0.353 e. The summed E-state index contributed by atoms with van der Waals surface area (Å²) in [5, 5.41) is 5.56. The fourth-order valence-corrected chi connectivity index (χ4v) is 1.32. The van der Waals surface area contributed by atoms with Crippen LogP contribution in [0.2, 0.25) is 12.6 Å². The Labute approximate surface area is 46.6 Å². The van der Waals surface area contributed by atoms with Crippen molar-refractivity contribution in [3.63, 3.8) is 0 Å². The summed E-state index contributed by atoms with van der Waals surface area (Å²) in [6.07, 6.45) is 1.11. The molecule has 0 spiro atoms. The summed E-state index contributed by atoms with van der Waals surface area (Å²) in [6, 6.07) is 1.19. The van der Waals surface area contributed by atoms with Gasteiger partial charge in [-0.1, -0.05) is 6.55 Å². The van der Waals surface area contributed by atoms with E-state index < -0.39 is 8.96 Å². The van der Waals surface area contributed by atoms with Gasteiger partial charge in [-0.25, -0.2) is 0 Å².